The molecule has 0 aliphatic rings. The fourth-order valence-electron chi connectivity index (χ4n) is 0.627. The van der Waals surface area contributed by atoms with Crippen molar-refractivity contribution in [3.63, 3.8) is 0 Å². The van der Waals surface area contributed by atoms with Crippen LogP contribution in [0.15, 0.2) is 6.20 Å². The summed E-state index contributed by atoms with van der Waals surface area (Å²) in [6.45, 7) is -0.333. The topological polar surface area (TPSA) is 111 Å². The number of aliphatic carboxylic acids is 1. The quantitative estimate of drug-likeness (QED) is 0.571. The van der Waals surface area contributed by atoms with Crippen molar-refractivity contribution in [3.8, 4) is 0 Å². The van der Waals surface area contributed by atoms with Crippen LogP contribution in [0, 0.1) is 0 Å². The number of rotatable bonds is 3. The molecule has 7 heteroatoms. The van der Waals surface area contributed by atoms with Crippen LogP contribution in [0.5, 0.6) is 0 Å². The Labute approximate surface area is 66.8 Å². The molecule has 0 bridgehead atoms. The number of carboxylic acid groups (broad SMARTS) is 1. The van der Waals surface area contributed by atoms with Crippen LogP contribution >= 0.6 is 0 Å². The molecule has 1 aromatic rings. The van der Waals surface area contributed by atoms with Gasteiger partial charge in [-0.05, 0) is 0 Å². The molecule has 1 aromatic heterocycles. The van der Waals surface area contributed by atoms with Crippen LogP contribution in [0.1, 0.15) is 10.5 Å². The molecule has 0 atom stereocenters. The normalized spacial score (nSPS) is 9.67. The number of aromatic nitrogens is 3. The predicted molar refractivity (Wildman–Crippen MR) is 36.2 cm³/mol. The van der Waals surface area contributed by atoms with Crippen LogP contribution in [-0.2, 0) is 11.3 Å². The number of nitrogens with two attached hydrogens (primary N) is 1. The number of nitrogens with zero attached hydrogens (tertiary/aromatic N) is 3. The number of amides is 1. The van der Waals surface area contributed by atoms with Gasteiger partial charge in [-0.1, -0.05) is 5.21 Å². The highest BCUT2D eigenvalue weighted by Crippen LogP contribution is 1.90. The first kappa shape index (κ1) is 8.18. The highest BCUT2D eigenvalue weighted by atomic mass is 16.4. The molecule has 1 heterocycles. The Morgan fingerprint density at radius 3 is 2.75 bits per heavy atom. The zero-order chi connectivity index (χ0) is 9.14. The summed E-state index contributed by atoms with van der Waals surface area (Å²) in [6.07, 6.45) is 1.18. The zero-order valence-electron chi connectivity index (χ0n) is 5.97. The van der Waals surface area contributed by atoms with Crippen molar-refractivity contribution < 1.29 is 14.7 Å². The summed E-state index contributed by atoms with van der Waals surface area (Å²) in [4.78, 5) is 20.6. The predicted octanol–water partition coefficient (Wildman–Crippen LogP) is -1.54. The van der Waals surface area contributed by atoms with Crippen molar-refractivity contribution in [2.45, 2.75) is 6.54 Å². The molecule has 1 amide bonds. The van der Waals surface area contributed by atoms with Crippen molar-refractivity contribution in [1.29, 1.82) is 0 Å². The van der Waals surface area contributed by atoms with E-state index in [4.69, 9.17) is 10.8 Å². The van der Waals surface area contributed by atoms with E-state index in [2.05, 4.69) is 10.3 Å². The van der Waals surface area contributed by atoms with E-state index in [1.165, 1.54) is 6.20 Å². The average molecular weight is 170 g/mol. The molecule has 7 nitrogen and oxygen atoms in total. The molecule has 0 radical (unpaired) electrons. The maximum absolute atomic E-state index is 10.5. The second-order valence-corrected chi connectivity index (χ2v) is 2.06. The summed E-state index contributed by atoms with van der Waals surface area (Å²) in [6, 6.07) is 0. The van der Waals surface area contributed by atoms with Gasteiger partial charge < -0.3 is 10.8 Å². The van der Waals surface area contributed by atoms with Crippen molar-refractivity contribution in [3.05, 3.63) is 11.9 Å². The molecule has 12 heavy (non-hydrogen) atoms. The number of carbonyl (C=O) groups excluding carboxylic acids is 1. The fraction of sp³-hybridized carbons (Fsp3) is 0.200. The van der Waals surface area contributed by atoms with Crippen molar-refractivity contribution in [2.75, 3.05) is 0 Å². The number of hydrogen-bond donors (Lipinski definition) is 2. The average Bonchev–Trinajstić information content (AvgIpc) is 2.34. The summed E-state index contributed by atoms with van der Waals surface area (Å²) in [5.74, 6) is -1.79. The van der Waals surface area contributed by atoms with Gasteiger partial charge in [-0.15, -0.1) is 5.10 Å². The highest BCUT2D eigenvalue weighted by Gasteiger charge is 2.07. The first-order valence-electron chi connectivity index (χ1n) is 3.01. The number of primary amides is 1. The summed E-state index contributed by atoms with van der Waals surface area (Å²) in [7, 11) is 0. The molecule has 0 fully saturated rings. The molecule has 0 saturated carbocycles. The van der Waals surface area contributed by atoms with E-state index >= 15 is 0 Å². The van der Waals surface area contributed by atoms with Gasteiger partial charge in [0.25, 0.3) is 5.91 Å². The van der Waals surface area contributed by atoms with Crippen molar-refractivity contribution in [2.24, 2.45) is 5.73 Å². The van der Waals surface area contributed by atoms with E-state index < -0.39 is 11.9 Å². The van der Waals surface area contributed by atoms with Gasteiger partial charge >= 0.3 is 5.97 Å². The minimum Gasteiger partial charge on any atom is -0.480 e. The molecular formula is C5H6N4O3. The summed E-state index contributed by atoms with van der Waals surface area (Å²) in [5, 5.41) is 15.0. The van der Waals surface area contributed by atoms with E-state index in [1.807, 2.05) is 0 Å². The molecule has 0 aliphatic carbocycles. The van der Waals surface area contributed by atoms with Gasteiger partial charge in [-0.3, -0.25) is 9.59 Å². The van der Waals surface area contributed by atoms with Crippen LogP contribution in [0.2, 0.25) is 0 Å². The van der Waals surface area contributed by atoms with E-state index in [9.17, 15) is 9.59 Å². The minimum absolute atomic E-state index is 0.0451. The van der Waals surface area contributed by atoms with Crippen LogP contribution in [0.3, 0.4) is 0 Å². The molecule has 3 N–H and O–H groups in total. The van der Waals surface area contributed by atoms with E-state index in [0.29, 0.717) is 0 Å². The zero-order valence-corrected chi connectivity index (χ0v) is 5.97. The van der Waals surface area contributed by atoms with Gasteiger partial charge in [-0.25, -0.2) is 4.68 Å². The molecular weight excluding hydrogens is 164 g/mol. The number of carbonyl (C=O) groups is 2. The molecule has 0 aromatic carbocycles. The highest BCUT2D eigenvalue weighted by molar-refractivity contribution is 5.90. The van der Waals surface area contributed by atoms with Crippen molar-refractivity contribution >= 4 is 11.9 Å². The lowest BCUT2D eigenvalue weighted by molar-refractivity contribution is -0.137. The third-order valence-corrected chi connectivity index (χ3v) is 1.09. The van der Waals surface area contributed by atoms with Crippen LogP contribution in [-0.4, -0.2) is 32.0 Å². The Balaban J connectivity index is 2.77. The van der Waals surface area contributed by atoms with Crippen LogP contribution < -0.4 is 5.73 Å². The SMILES string of the molecule is NC(=O)c1cn(CC(=O)O)nn1. The Bertz CT molecular complexity index is 318. The fourth-order valence-corrected chi connectivity index (χ4v) is 0.627. The number of hydrogen-bond acceptors (Lipinski definition) is 4. The molecule has 0 unspecified atom stereocenters. The van der Waals surface area contributed by atoms with Gasteiger partial charge in [0.1, 0.15) is 6.54 Å². The van der Waals surface area contributed by atoms with Gasteiger partial charge in [0.2, 0.25) is 0 Å². The van der Waals surface area contributed by atoms with Gasteiger partial charge in [0.15, 0.2) is 5.69 Å². The Hall–Kier alpha value is -1.92. The summed E-state index contributed by atoms with van der Waals surface area (Å²) in [5.41, 5.74) is 4.81. The van der Waals surface area contributed by atoms with Gasteiger partial charge in [0.05, 0.1) is 6.20 Å². The molecule has 0 spiro atoms. The van der Waals surface area contributed by atoms with Gasteiger partial charge in [-0.2, -0.15) is 0 Å². The minimum atomic E-state index is -1.06. The smallest absolute Gasteiger partial charge is 0.325 e. The van der Waals surface area contributed by atoms with E-state index in [-0.39, 0.29) is 12.2 Å². The maximum Gasteiger partial charge on any atom is 0.325 e. The second-order valence-electron chi connectivity index (χ2n) is 2.06. The molecule has 0 aliphatic heterocycles. The largest absolute Gasteiger partial charge is 0.480 e. The first-order valence-corrected chi connectivity index (χ1v) is 3.01. The maximum atomic E-state index is 10.5. The van der Waals surface area contributed by atoms with Crippen LogP contribution in [0.4, 0.5) is 0 Å². The molecule has 64 valence electrons. The third kappa shape index (κ3) is 1.78. The van der Waals surface area contributed by atoms with E-state index in [0.717, 1.165) is 4.68 Å². The monoisotopic (exact) mass is 170 g/mol. The Morgan fingerprint density at radius 2 is 2.33 bits per heavy atom. The first-order chi connectivity index (χ1) is 5.59. The van der Waals surface area contributed by atoms with E-state index in [1.54, 1.807) is 0 Å². The summed E-state index contributed by atoms with van der Waals surface area (Å²) < 4.78 is 1.02. The lowest BCUT2D eigenvalue weighted by atomic mass is 10.5. The Morgan fingerprint density at radius 1 is 1.67 bits per heavy atom. The Kier molecular flexibility index (Phi) is 2.04. The van der Waals surface area contributed by atoms with Crippen LogP contribution in [0.25, 0.3) is 0 Å². The molecule has 0 saturated heterocycles. The third-order valence-electron chi connectivity index (χ3n) is 1.09. The second kappa shape index (κ2) is 2.99. The van der Waals surface area contributed by atoms with Crippen molar-refractivity contribution in [1.82, 2.24) is 15.0 Å². The number of carboxylic acids is 1. The lowest BCUT2D eigenvalue weighted by Gasteiger charge is -1.90. The summed E-state index contributed by atoms with van der Waals surface area (Å²) >= 11 is 0. The lowest BCUT2D eigenvalue weighted by Crippen LogP contribution is -2.11. The molecule has 1 rings (SSSR count). The van der Waals surface area contributed by atoms with Gasteiger partial charge in [0, 0.05) is 0 Å². The standard InChI is InChI=1S/C5H6N4O3/c6-5(12)3-1-9(8-7-3)2-4(10)11/h1H,2H2,(H2,6,12)(H,10,11).